The number of halogens is 1. The van der Waals surface area contributed by atoms with E-state index in [2.05, 4.69) is 26.5 Å². The summed E-state index contributed by atoms with van der Waals surface area (Å²) < 4.78 is 5.79. The Balaban J connectivity index is 0.00000121. The number of likely N-dealkylation sites (N-methyl/N-ethyl adjacent to an activating group) is 1. The van der Waals surface area contributed by atoms with Gasteiger partial charge in [0, 0.05) is 0 Å². The van der Waals surface area contributed by atoms with Crippen molar-refractivity contribution in [2.24, 2.45) is 0 Å². The fourth-order valence-electron chi connectivity index (χ4n) is 1.14. The quantitative estimate of drug-likeness (QED) is 0.471. The molecule has 1 N–H and O–H groups in total. The number of hydrogen-bond acceptors (Lipinski definition) is 2. The molecule has 0 spiro atoms. The summed E-state index contributed by atoms with van der Waals surface area (Å²) in [6.45, 7) is 1.51. The van der Waals surface area contributed by atoms with Gasteiger partial charge in [-0.3, -0.25) is 0 Å². The maximum absolute atomic E-state index is 10.6. The molecule has 0 radical (unpaired) electrons. The minimum atomic E-state index is -0.288. The zero-order chi connectivity index (χ0) is 8.48. The first-order valence-electron chi connectivity index (χ1n) is 3.72. The topological polar surface area (TPSA) is 38.3 Å². The molecule has 1 rings (SSSR count). The number of quaternary nitrogens is 1. The Morgan fingerprint density at radius 1 is 1.58 bits per heavy atom. The lowest BCUT2D eigenvalue weighted by Crippen LogP contribution is -3.00. The Morgan fingerprint density at radius 3 is 2.50 bits per heavy atom. The molecule has 0 aromatic heterocycles. The zero-order valence-corrected chi connectivity index (χ0v) is 8.39. The van der Waals surface area contributed by atoms with Gasteiger partial charge in [0.15, 0.2) is 6.10 Å². The van der Waals surface area contributed by atoms with E-state index in [1.165, 1.54) is 0 Å². The molecular formula is C7H15ClN2O2. The fourth-order valence-corrected chi connectivity index (χ4v) is 1.14. The zero-order valence-electron chi connectivity index (χ0n) is 7.63. The summed E-state index contributed by atoms with van der Waals surface area (Å²) in [6.07, 6.45) is -0.244. The van der Waals surface area contributed by atoms with Crippen LogP contribution in [-0.2, 0) is 4.74 Å². The van der Waals surface area contributed by atoms with Crippen molar-refractivity contribution in [1.82, 2.24) is 5.32 Å². The van der Waals surface area contributed by atoms with E-state index in [1.54, 1.807) is 0 Å². The minimum absolute atomic E-state index is 0. The number of alkyl carbamates (subject to hydrolysis) is 1. The van der Waals surface area contributed by atoms with Gasteiger partial charge < -0.3 is 26.9 Å². The predicted octanol–water partition coefficient (Wildman–Crippen LogP) is -3.19. The first kappa shape index (κ1) is 11.5. The molecule has 12 heavy (non-hydrogen) atoms. The van der Waals surface area contributed by atoms with Crippen LogP contribution in [0, 0.1) is 0 Å². The first-order chi connectivity index (χ1) is 4.97. The normalized spacial score (nSPS) is 22.6. The monoisotopic (exact) mass is 194 g/mol. The number of hydrogen-bond donors (Lipinski definition) is 1. The van der Waals surface area contributed by atoms with Crippen LogP contribution in [0.25, 0.3) is 0 Å². The Kier molecular flexibility index (Phi) is 3.80. The third kappa shape index (κ3) is 3.78. The molecule has 5 heteroatoms. The molecule has 1 saturated heterocycles. The highest BCUT2D eigenvalue weighted by Crippen LogP contribution is 2.03. The lowest BCUT2D eigenvalue weighted by molar-refractivity contribution is -0.873. The molecule has 0 aromatic carbocycles. The second kappa shape index (κ2) is 3.96. The third-order valence-electron chi connectivity index (χ3n) is 1.50. The molecular weight excluding hydrogens is 180 g/mol. The van der Waals surface area contributed by atoms with E-state index in [1.807, 2.05) is 0 Å². The molecule has 1 aliphatic rings. The molecule has 0 aliphatic carbocycles. The second-order valence-electron chi connectivity index (χ2n) is 3.88. The Morgan fingerprint density at radius 2 is 2.17 bits per heavy atom. The maximum Gasteiger partial charge on any atom is 0.407 e. The van der Waals surface area contributed by atoms with Crippen molar-refractivity contribution in [3.8, 4) is 0 Å². The van der Waals surface area contributed by atoms with Crippen molar-refractivity contribution in [2.75, 3.05) is 34.2 Å². The van der Waals surface area contributed by atoms with E-state index in [4.69, 9.17) is 4.74 Å². The molecule has 1 heterocycles. The Labute approximate surface area is 78.9 Å². The molecule has 1 aliphatic heterocycles. The molecule has 1 amide bonds. The molecule has 1 atom stereocenters. The number of amides is 1. The van der Waals surface area contributed by atoms with E-state index in [-0.39, 0.29) is 24.6 Å². The fraction of sp³-hybridized carbons (Fsp3) is 0.857. The number of carbonyl (C=O) groups excluding carboxylic acids is 1. The summed E-state index contributed by atoms with van der Waals surface area (Å²) in [5.74, 6) is 0. The van der Waals surface area contributed by atoms with Crippen molar-refractivity contribution >= 4 is 6.09 Å². The van der Waals surface area contributed by atoms with Crippen LogP contribution in [0.15, 0.2) is 0 Å². The van der Waals surface area contributed by atoms with Crippen LogP contribution in [0.5, 0.6) is 0 Å². The van der Waals surface area contributed by atoms with E-state index in [0.29, 0.717) is 6.54 Å². The summed E-state index contributed by atoms with van der Waals surface area (Å²) in [5.41, 5.74) is 0. The molecule has 0 bridgehead atoms. The Bertz CT molecular complexity index is 167. The molecule has 72 valence electrons. The van der Waals surface area contributed by atoms with Crippen LogP contribution in [0.1, 0.15) is 0 Å². The highest BCUT2D eigenvalue weighted by molar-refractivity contribution is 5.69. The van der Waals surface area contributed by atoms with Gasteiger partial charge in [0.25, 0.3) is 0 Å². The number of cyclic esters (lactones) is 1. The van der Waals surface area contributed by atoms with Crippen molar-refractivity contribution < 1.29 is 26.4 Å². The number of carbonyl (C=O) groups is 1. The summed E-state index contributed by atoms with van der Waals surface area (Å²) >= 11 is 0. The van der Waals surface area contributed by atoms with Crippen LogP contribution >= 0.6 is 0 Å². The van der Waals surface area contributed by atoms with Crippen LogP contribution in [0.4, 0.5) is 4.79 Å². The van der Waals surface area contributed by atoms with Gasteiger partial charge in [0.1, 0.15) is 6.54 Å². The van der Waals surface area contributed by atoms with E-state index >= 15 is 0 Å². The van der Waals surface area contributed by atoms with E-state index < -0.39 is 0 Å². The highest BCUT2D eigenvalue weighted by Gasteiger charge is 2.27. The summed E-state index contributed by atoms with van der Waals surface area (Å²) in [7, 11) is 6.23. The standard InChI is InChI=1S/C7H14N2O2.ClH/c1-9(2,3)5-6-4-8-7(10)11-6;/h6H,4-5H2,1-3H3;1H. The van der Waals surface area contributed by atoms with Crippen molar-refractivity contribution in [3.63, 3.8) is 0 Å². The second-order valence-corrected chi connectivity index (χ2v) is 3.88. The highest BCUT2D eigenvalue weighted by atomic mass is 35.5. The number of ether oxygens (including phenoxy) is 1. The predicted molar refractivity (Wildman–Crippen MR) is 41.2 cm³/mol. The SMILES string of the molecule is C[N+](C)(C)CC1CNC(=O)O1.[Cl-]. The van der Waals surface area contributed by atoms with Crippen LogP contribution in [0.3, 0.4) is 0 Å². The smallest absolute Gasteiger partial charge is 0.407 e. The molecule has 0 aromatic rings. The van der Waals surface area contributed by atoms with Crippen LogP contribution in [0.2, 0.25) is 0 Å². The summed E-state index contributed by atoms with van der Waals surface area (Å²) in [4.78, 5) is 10.6. The number of nitrogens with zero attached hydrogens (tertiary/aromatic N) is 1. The van der Waals surface area contributed by atoms with E-state index in [9.17, 15) is 4.79 Å². The largest absolute Gasteiger partial charge is 1.00 e. The lowest BCUT2D eigenvalue weighted by Gasteiger charge is -2.25. The summed E-state index contributed by atoms with van der Waals surface area (Å²) in [6, 6.07) is 0. The average Bonchev–Trinajstić information content (AvgIpc) is 2.10. The average molecular weight is 195 g/mol. The van der Waals surface area contributed by atoms with Crippen molar-refractivity contribution in [3.05, 3.63) is 0 Å². The van der Waals surface area contributed by atoms with Gasteiger partial charge >= 0.3 is 6.09 Å². The molecule has 1 fully saturated rings. The number of nitrogens with one attached hydrogen (secondary N) is 1. The van der Waals surface area contributed by atoms with Gasteiger partial charge in [0.05, 0.1) is 27.7 Å². The van der Waals surface area contributed by atoms with E-state index in [0.717, 1.165) is 11.0 Å². The summed E-state index contributed by atoms with van der Waals surface area (Å²) in [5, 5.41) is 2.62. The molecule has 1 unspecified atom stereocenters. The van der Waals surface area contributed by atoms with Gasteiger partial charge in [-0.05, 0) is 0 Å². The molecule has 0 saturated carbocycles. The Hall–Kier alpha value is -0.480. The van der Waals surface area contributed by atoms with Crippen molar-refractivity contribution in [2.45, 2.75) is 6.10 Å². The van der Waals surface area contributed by atoms with Gasteiger partial charge in [0.2, 0.25) is 0 Å². The van der Waals surface area contributed by atoms with Crippen LogP contribution < -0.4 is 17.7 Å². The van der Waals surface area contributed by atoms with Crippen LogP contribution in [-0.4, -0.2) is 50.9 Å². The van der Waals surface area contributed by atoms with Gasteiger partial charge in [-0.1, -0.05) is 0 Å². The minimum Gasteiger partial charge on any atom is -1.00 e. The van der Waals surface area contributed by atoms with Gasteiger partial charge in [-0.15, -0.1) is 0 Å². The maximum atomic E-state index is 10.6. The van der Waals surface area contributed by atoms with Gasteiger partial charge in [-0.2, -0.15) is 0 Å². The first-order valence-corrected chi connectivity index (χ1v) is 3.72. The molecule has 4 nitrogen and oxygen atoms in total. The lowest BCUT2D eigenvalue weighted by atomic mass is 10.3. The number of rotatable bonds is 2. The third-order valence-corrected chi connectivity index (χ3v) is 1.50. The van der Waals surface area contributed by atoms with Crippen molar-refractivity contribution in [1.29, 1.82) is 0 Å². The van der Waals surface area contributed by atoms with Gasteiger partial charge in [-0.25, -0.2) is 4.79 Å².